The minimum Gasteiger partial charge on any atom is -0.493 e. The Kier molecular flexibility index (Phi) is 7.08. The number of thiazole rings is 1. The van der Waals surface area contributed by atoms with Gasteiger partial charge in [0, 0.05) is 11.9 Å². The molecule has 152 valence electrons. The van der Waals surface area contributed by atoms with Crippen molar-refractivity contribution < 1.29 is 19.0 Å². The largest absolute Gasteiger partial charge is 0.493 e. The molecular formula is C22H24N2O4S. The first-order valence-electron chi connectivity index (χ1n) is 9.22. The highest BCUT2D eigenvalue weighted by molar-refractivity contribution is 7.09. The summed E-state index contributed by atoms with van der Waals surface area (Å²) in [6.45, 7) is 2.78. The number of hydrogen-bond acceptors (Lipinski definition) is 6. The van der Waals surface area contributed by atoms with Crippen molar-refractivity contribution >= 4 is 17.2 Å². The van der Waals surface area contributed by atoms with Gasteiger partial charge in [-0.2, -0.15) is 0 Å². The molecule has 0 atom stereocenters. The summed E-state index contributed by atoms with van der Waals surface area (Å²) in [4.78, 5) is 17.0. The van der Waals surface area contributed by atoms with Crippen LogP contribution in [0.5, 0.6) is 17.2 Å². The minimum atomic E-state index is -0.171. The normalized spacial score (nSPS) is 10.4. The highest BCUT2D eigenvalue weighted by Gasteiger charge is 2.13. The average Bonchev–Trinajstić information content (AvgIpc) is 3.17. The Morgan fingerprint density at radius 1 is 1.07 bits per heavy atom. The number of aryl methyl sites for hydroxylation is 1. The van der Waals surface area contributed by atoms with E-state index < -0.39 is 0 Å². The number of carbonyl (C=O) groups excluding carboxylic acids is 1. The van der Waals surface area contributed by atoms with E-state index in [4.69, 9.17) is 14.2 Å². The zero-order valence-electron chi connectivity index (χ0n) is 16.7. The van der Waals surface area contributed by atoms with Gasteiger partial charge in [-0.3, -0.25) is 4.79 Å². The smallest absolute Gasteiger partial charge is 0.255 e. The number of methoxy groups -OCH3 is 2. The first kappa shape index (κ1) is 20.7. The summed E-state index contributed by atoms with van der Waals surface area (Å²) in [5.41, 5.74) is 2.41. The lowest BCUT2D eigenvalue weighted by molar-refractivity contribution is 0.0949. The number of benzene rings is 2. The van der Waals surface area contributed by atoms with Crippen molar-refractivity contribution in [2.45, 2.75) is 20.0 Å². The van der Waals surface area contributed by atoms with Gasteiger partial charge in [-0.15, -0.1) is 11.3 Å². The van der Waals surface area contributed by atoms with Gasteiger partial charge in [0.1, 0.15) is 12.4 Å². The molecule has 1 heterocycles. The molecule has 3 aromatic rings. The molecule has 1 amide bonds. The van der Waals surface area contributed by atoms with Crippen molar-refractivity contribution in [3.05, 3.63) is 69.7 Å². The maximum absolute atomic E-state index is 12.6. The maximum Gasteiger partial charge on any atom is 0.255 e. The van der Waals surface area contributed by atoms with E-state index in [1.165, 1.54) is 0 Å². The summed E-state index contributed by atoms with van der Waals surface area (Å²) < 4.78 is 16.4. The Labute approximate surface area is 174 Å². The van der Waals surface area contributed by atoms with Crippen LogP contribution in [0.2, 0.25) is 0 Å². The van der Waals surface area contributed by atoms with E-state index in [-0.39, 0.29) is 5.91 Å². The molecule has 29 heavy (non-hydrogen) atoms. The Balaban J connectivity index is 1.58. The van der Waals surface area contributed by atoms with Crippen LogP contribution in [0.1, 0.15) is 26.6 Å². The molecule has 0 bridgehead atoms. The third-order valence-electron chi connectivity index (χ3n) is 4.32. The molecule has 3 rings (SSSR count). The van der Waals surface area contributed by atoms with Gasteiger partial charge >= 0.3 is 0 Å². The zero-order chi connectivity index (χ0) is 20.6. The van der Waals surface area contributed by atoms with Crippen molar-refractivity contribution in [1.82, 2.24) is 10.3 Å². The number of hydrogen-bond donors (Lipinski definition) is 1. The quantitative estimate of drug-likeness (QED) is 0.575. The lowest BCUT2D eigenvalue weighted by Gasteiger charge is -2.12. The highest BCUT2D eigenvalue weighted by atomic mass is 32.1. The molecule has 6 nitrogen and oxygen atoms in total. The first-order chi connectivity index (χ1) is 14.1. The second-order valence-electron chi connectivity index (χ2n) is 6.34. The van der Waals surface area contributed by atoms with Gasteiger partial charge in [0.05, 0.1) is 30.5 Å². The molecule has 0 aliphatic carbocycles. The van der Waals surface area contributed by atoms with E-state index in [2.05, 4.69) is 10.3 Å². The number of amides is 1. The Hall–Kier alpha value is -3.06. The van der Waals surface area contributed by atoms with E-state index in [0.29, 0.717) is 42.4 Å². The fourth-order valence-corrected chi connectivity index (χ4v) is 3.46. The van der Waals surface area contributed by atoms with Crippen LogP contribution in [-0.4, -0.2) is 31.7 Å². The zero-order valence-corrected chi connectivity index (χ0v) is 17.5. The second-order valence-corrected chi connectivity index (χ2v) is 7.40. The van der Waals surface area contributed by atoms with Crippen molar-refractivity contribution in [1.29, 1.82) is 0 Å². The number of ether oxygens (including phenoxy) is 3. The van der Waals surface area contributed by atoms with E-state index >= 15 is 0 Å². The van der Waals surface area contributed by atoms with Crippen LogP contribution in [0.25, 0.3) is 0 Å². The predicted molar refractivity (Wildman–Crippen MR) is 113 cm³/mol. The summed E-state index contributed by atoms with van der Waals surface area (Å²) in [5, 5.41) is 5.90. The first-order valence-corrected chi connectivity index (χ1v) is 10.1. The van der Waals surface area contributed by atoms with E-state index in [0.717, 1.165) is 16.3 Å². The highest BCUT2D eigenvalue weighted by Crippen LogP contribution is 2.27. The van der Waals surface area contributed by atoms with Gasteiger partial charge < -0.3 is 19.5 Å². The molecule has 2 aromatic carbocycles. The summed E-state index contributed by atoms with van der Waals surface area (Å²) in [5.74, 6) is 1.73. The standard InChI is InChI=1S/C22H24N2O4S/c1-15-24-17(14-29-15)13-28-19-7-5-4-6-18(19)22(25)23-11-10-16-8-9-20(26-2)21(12-16)27-3/h4-9,12,14H,10-11,13H2,1-3H3,(H,23,25). The molecule has 0 aliphatic heterocycles. The number of carbonyl (C=O) groups is 1. The van der Waals surface area contributed by atoms with Crippen LogP contribution in [0, 0.1) is 6.92 Å². The molecule has 0 saturated carbocycles. The fourth-order valence-electron chi connectivity index (χ4n) is 2.86. The molecular weight excluding hydrogens is 388 g/mol. The summed E-state index contributed by atoms with van der Waals surface area (Å²) in [6.07, 6.45) is 0.674. The van der Waals surface area contributed by atoms with Gasteiger partial charge in [-0.25, -0.2) is 4.98 Å². The van der Waals surface area contributed by atoms with Crippen molar-refractivity contribution in [2.24, 2.45) is 0 Å². The second kappa shape index (κ2) is 9.93. The summed E-state index contributed by atoms with van der Waals surface area (Å²) in [7, 11) is 3.21. The molecule has 0 saturated heterocycles. The van der Waals surface area contributed by atoms with Gasteiger partial charge in [-0.1, -0.05) is 18.2 Å². The number of nitrogens with one attached hydrogen (secondary N) is 1. The third kappa shape index (κ3) is 5.48. The molecule has 1 aromatic heterocycles. The van der Waals surface area contributed by atoms with Gasteiger partial charge in [0.25, 0.3) is 5.91 Å². The number of aromatic nitrogens is 1. The Morgan fingerprint density at radius 3 is 2.59 bits per heavy atom. The number of rotatable bonds is 9. The van der Waals surface area contributed by atoms with Crippen LogP contribution in [0.15, 0.2) is 47.8 Å². The van der Waals surface area contributed by atoms with Crippen molar-refractivity contribution in [3.8, 4) is 17.2 Å². The van der Waals surface area contributed by atoms with Crippen LogP contribution in [0.4, 0.5) is 0 Å². The molecule has 0 spiro atoms. The summed E-state index contributed by atoms with van der Waals surface area (Å²) in [6, 6.07) is 13.0. The maximum atomic E-state index is 12.6. The topological polar surface area (TPSA) is 69.7 Å². The number of nitrogens with zero attached hydrogens (tertiary/aromatic N) is 1. The summed E-state index contributed by atoms with van der Waals surface area (Å²) >= 11 is 1.58. The van der Waals surface area contributed by atoms with Gasteiger partial charge in [-0.05, 0) is 43.2 Å². The Morgan fingerprint density at radius 2 is 1.86 bits per heavy atom. The molecule has 0 radical (unpaired) electrons. The molecule has 0 aliphatic rings. The van der Waals surface area contributed by atoms with Crippen LogP contribution < -0.4 is 19.5 Å². The van der Waals surface area contributed by atoms with Gasteiger partial charge in [0.2, 0.25) is 0 Å². The molecule has 7 heteroatoms. The SMILES string of the molecule is COc1ccc(CCNC(=O)c2ccccc2OCc2csc(C)n2)cc1OC. The molecule has 1 N–H and O–H groups in total. The van der Waals surface area contributed by atoms with Crippen LogP contribution in [0.3, 0.4) is 0 Å². The third-order valence-corrected chi connectivity index (χ3v) is 5.14. The van der Waals surface area contributed by atoms with E-state index in [9.17, 15) is 4.79 Å². The Bertz CT molecular complexity index is 971. The lowest BCUT2D eigenvalue weighted by Crippen LogP contribution is -2.26. The fraction of sp³-hybridized carbons (Fsp3) is 0.273. The van der Waals surface area contributed by atoms with Crippen LogP contribution >= 0.6 is 11.3 Å². The molecule has 0 unspecified atom stereocenters. The minimum absolute atomic E-state index is 0.171. The van der Waals surface area contributed by atoms with Gasteiger partial charge in [0.15, 0.2) is 11.5 Å². The average molecular weight is 413 g/mol. The van der Waals surface area contributed by atoms with Crippen molar-refractivity contribution in [2.75, 3.05) is 20.8 Å². The van der Waals surface area contributed by atoms with E-state index in [1.54, 1.807) is 37.7 Å². The number of para-hydroxylation sites is 1. The van der Waals surface area contributed by atoms with E-state index in [1.807, 2.05) is 42.6 Å². The molecule has 0 fully saturated rings. The van der Waals surface area contributed by atoms with Crippen LogP contribution in [-0.2, 0) is 13.0 Å². The monoisotopic (exact) mass is 412 g/mol. The lowest BCUT2D eigenvalue weighted by atomic mass is 10.1. The van der Waals surface area contributed by atoms with Crippen molar-refractivity contribution in [3.63, 3.8) is 0 Å². The predicted octanol–water partition coefficient (Wildman–Crippen LogP) is 4.02.